The zero-order valence-electron chi connectivity index (χ0n) is 15.3. The second-order valence-corrected chi connectivity index (χ2v) is 7.58. The van der Waals surface area contributed by atoms with Crippen molar-refractivity contribution in [3.8, 4) is 28.7 Å². The normalized spacial score (nSPS) is 15.2. The summed E-state index contributed by atoms with van der Waals surface area (Å²) in [5.74, 6) is -0.493. The molecule has 9 heteroatoms. The quantitative estimate of drug-likeness (QED) is 0.516. The van der Waals surface area contributed by atoms with E-state index in [9.17, 15) is 9.65 Å². The van der Waals surface area contributed by atoms with Gasteiger partial charge in [-0.25, -0.2) is 18.9 Å². The van der Waals surface area contributed by atoms with Crippen molar-refractivity contribution < 1.29 is 9.13 Å². The van der Waals surface area contributed by atoms with E-state index in [4.69, 9.17) is 16.3 Å². The summed E-state index contributed by atoms with van der Waals surface area (Å²) in [6.45, 7) is 3.15. The number of fused-ring (bicyclic) bond motifs is 1. The minimum Gasteiger partial charge on any atom is -0.376 e. The smallest absolute Gasteiger partial charge is 0.162 e. The molecule has 0 aliphatic carbocycles. The number of ether oxygens (including phenoxy) is 1. The number of nitriles is 1. The van der Waals surface area contributed by atoms with Gasteiger partial charge >= 0.3 is 0 Å². The van der Waals surface area contributed by atoms with E-state index in [1.165, 1.54) is 16.8 Å². The van der Waals surface area contributed by atoms with Gasteiger partial charge in [-0.3, -0.25) is 0 Å². The van der Waals surface area contributed by atoms with Crippen LogP contribution in [0.2, 0.25) is 5.02 Å². The minimum atomic E-state index is -0.493. The summed E-state index contributed by atoms with van der Waals surface area (Å²) < 4.78 is 22.6. The molecule has 1 aliphatic rings. The van der Waals surface area contributed by atoms with Crippen LogP contribution in [0.1, 0.15) is 12.6 Å². The van der Waals surface area contributed by atoms with Gasteiger partial charge in [-0.1, -0.05) is 11.6 Å². The third-order valence-corrected chi connectivity index (χ3v) is 5.38. The van der Waals surface area contributed by atoms with Crippen LogP contribution in [0.5, 0.6) is 0 Å². The molecule has 144 valence electrons. The first kappa shape index (κ1) is 17.8. The summed E-state index contributed by atoms with van der Waals surface area (Å²) in [5, 5.41) is 14.0. The van der Waals surface area contributed by atoms with Crippen molar-refractivity contribution in [1.29, 1.82) is 5.26 Å². The van der Waals surface area contributed by atoms with Crippen LogP contribution in [0, 0.1) is 17.1 Å². The van der Waals surface area contributed by atoms with Crippen LogP contribution in [0.25, 0.3) is 28.3 Å². The maximum Gasteiger partial charge on any atom is 0.162 e. The standard InChI is InChI=1S/C20H14ClFN6O/c1-20(9-29-10-20)27-11-25-18(12-2-3-15(22)14(21)6-12)19(27)16-4-5-17-24-8-13(7-23)28(17)26-16/h2-6,8,11H,9-10H2,1H3. The van der Waals surface area contributed by atoms with Gasteiger partial charge in [0, 0.05) is 5.56 Å². The number of nitrogens with zero attached hydrogens (tertiary/aromatic N) is 6. The highest BCUT2D eigenvalue weighted by Gasteiger charge is 2.38. The lowest BCUT2D eigenvalue weighted by Crippen LogP contribution is -2.49. The SMILES string of the molecule is CC1(n2cnc(-c3ccc(F)c(Cl)c3)c2-c2ccc3ncc(C#N)n3n2)COC1. The second kappa shape index (κ2) is 6.37. The third-order valence-electron chi connectivity index (χ3n) is 5.09. The Morgan fingerprint density at radius 1 is 1.24 bits per heavy atom. The second-order valence-electron chi connectivity index (χ2n) is 7.17. The highest BCUT2D eigenvalue weighted by molar-refractivity contribution is 6.31. The van der Waals surface area contributed by atoms with Crippen LogP contribution in [-0.4, -0.2) is 37.4 Å². The third kappa shape index (κ3) is 2.70. The topological polar surface area (TPSA) is 81.0 Å². The molecule has 0 bridgehead atoms. The molecule has 1 saturated heterocycles. The maximum absolute atomic E-state index is 13.7. The van der Waals surface area contributed by atoms with Crippen molar-refractivity contribution in [1.82, 2.24) is 24.1 Å². The predicted octanol–water partition coefficient (Wildman–Crippen LogP) is 3.67. The number of rotatable bonds is 3. The highest BCUT2D eigenvalue weighted by Crippen LogP contribution is 2.37. The number of halogens is 2. The van der Waals surface area contributed by atoms with E-state index in [0.29, 0.717) is 41.5 Å². The first-order valence-electron chi connectivity index (χ1n) is 8.86. The first-order valence-corrected chi connectivity index (χ1v) is 9.24. The van der Waals surface area contributed by atoms with Crippen molar-refractivity contribution in [2.24, 2.45) is 0 Å². The number of hydrogen-bond donors (Lipinski definition) is 0. The Kier molecular flexibility index (Phi) is 3.91. The van der Waals surface area contributed by atoms with Gasteiger partial charge < -0.3 is 9.30 Å². The molecule has 0 unspecified atom stereocenters. The highest BCUT2D eigenvalue weighted by atomic mass is 35.5. The van der Waals surface area contributed by atoms with Gasteiger partial charge in [0.25, 0.3) is 0 Å². The van der Waals surface area contributed by atoms with E-state index in [2.05, 4.69) is 28.1 Å². The zero-order valence-corrected chi connectivity index (χ0v) is 16.1. The van der Waals surface area contributed by atoms with Gasteiger partial charge in [-0.2, -0.15) is 10.4 Å². The van der Waals surface area contributed by atoms with Crippen LogP contribution in [0.4, 0.5) is 4.39 Å². The zero-order chi connectivity index (χ0) is 20.2. The van der Waals surface area contributed by atoms with Gasteiger partial charge in [0.05, 0.1) is 47.7 Å². The van der Waals surface area contributed by atoms with E-state index < -0.39 is 5.82 Å². The van der Waals surface area contributed by atoms with Crippen LogP contribution < -0.4 is 0 Å². The van der Waals surface area contributed by atoms with E-state index >= 15 is 0 Å². The van der Waals surface area contributed by atoms with E-state index in [-0.39, 0.29) is 10.6 Å². The number of aromatic nitrogens is 5. The summed E-state index contributed by atoms with van der Waals surface area (Å²) in [6, 6.07) is 10.2. The molecule has 29 heavy (non-hydrogen) atoms. The van der Waals surface area contributed by atoms with Crippen molar-refractivity contribution in [2.75, 3.05) is 13.2 Å². The molecule has 3 aromatic heterocycles. The van der Waals surface area contributed by atoms with Gasteiger partial charge in [0.15, 0.2) is 11.3 Å². The molecule has 5 rings (SSSR count). The molecule has 0 radical (unpaired) electrons. The monoisotopic (exact) mass is 408 g/mol. The fourth-order valence-electron chi connectivity index (χ4n) is 3.47. The summed E-state index contributed by atoms with van der Waals surface area (Å²) in [5.41, 5.74) is 3.24. The molecule has 1 aliphatic heterocycles. The molecule has 7 nitrogen and oxygen atoms in total. The molecule has 0 spiro atoms. The lowest BCUT2D eigenvalue weighted by atomic mass is 9.98. The number of imidazole rings is 2. The summed E-state index contributed by atoms with van der Waals surface area (Å²) >= 11 is 6.01. The number of hydrogen-bond acceptors (Lipinski definition) is 5. The lowest BCUT2D eigenvalue weighted by Gasteiger charge is -2.40. The Morgan fingerprint density at radius 3 is 2.76 bits per heavy atom. The van der Waals surface area contributed by atoms with Crippen molar-refractivity contribution >= 4 is 17.2 Å². The maximum atomic E-state index is 13.7. The van der Waals surface area contributed by atoms with Crippen LogP contribution >= 0.6 is 11.6 Å². The first-order chi connectivity index (χ1) is 14.0. The molecular weight excluding hydrogens is 395 g/mol. The fraction of sp³-hybridized carbons (Fsp3) is 0.200. The summed E-state index contributed by atoms with van der Waals surface area (Å²) in [4.78, 5) is 8.78. The molecule has 0 N–H and O–H groups in total. The van der Waals surface area contributed by atoms with E-state index in [1.807, 2.05) is 10.6 Å². The lowest BCUT2D eigenvalue weighted by molar-refractivity contribution is -0.0889. The molecule has 0 amide bonds. The molecule has 4 heterocycles. The van der Waals surface area contributed by atoms with Crippen molar-refractivity contribution in [3.05, 3.63) is 59.4 Å². The number of benzene rings is 1. The fourth-order valence-corrected chi connectivity index (χ4v) is 3.65. The van der Waals surface area contributed by atoms with Crippen LogP contribution in [-0.2, 0) is 10.3 Å². The van der Waals surface area contributed by atoms with E-state index in [1.54, 1.807) is 24.5 Å². The van der Waals surface area contributed by atoms with Crippen molar-refractivity contribution in [3.63, 3.8) is 0 Å². The van der Waals surface area contributed by atoms with Crippen molar-refractivity contribution in [2.45, 2.75) is 12.5 Å². The molecule has 0 atom stereocenters. The average molecular weight is 409 g/mol. The minimum absolute atomic E-state index is 0.0194. The molecule has 0 saturated carbocycles. The van der Waals surface area contributed by atoms with Crippen LogP contribution in [0.15, 0.2) is 42.9 Å². The van der Waals surface area contributed by atoms with Gasteiger partial charge in [0.2, 0.25) is 0 Å². The predicted molar refractivity (Wildman–Crippen MR) is 104 cm³/mol. The molecular formula is C20H14ClFN6O. The Morgan fingerprint density at radius 2 is 2.07 bits per heavy atom. The summed E-state index contributed by atoms with van der Waals surface area (Å²) in [7, 11) is 0. The average Bonchev–Trinajstić information content (AvgIpc) is 3.32. The van der Waals surface area contributed by atoms with Gasteiger partial charge in [-0.05, 0) is 37.3 Å². The van der Waals surface area contributed by atoms with Gasteiger partial charge in [-0.15, -0.1) is 0 Å². The molecule has 1 fully saturated rings. The van der Waals surface area contributed by atoms with Crippen LogP contribution in [0.3, 0.4) is 0 Å². The molecule has 4 aromatic rings. The Balaban J connectivity index is 1.76. The molecule has 1 aromatic carbocycles. The Hall–Kier alpha value is -3.28. The Bertz CT molecular complexity index is 1300. The van der Waals surface area contributed by atoms with Gasteiger partial charge in [0.1, 0.15) is 17.6 Å². The summed E-state index contributed by atoms with van der Waals surface area (Å²) in [6.07, 6.45) is 3.21. The largest absolute Gasteiger partial charge is 0.376 e. The van der Waals surface area contributed by atoms with E-state index in [0.717, 1.165) is 5.69 Å². The Labute approximate surface area is 170 Å².